The van der Waals surface area contributed by atoms with Crippen molar-refractivity contribution in [1.82, 2.24) is 0 Å². The van der Waals surface area contributed by atoms with E-state index in [0.717, 1.165) is 12.3 Å². The van der Waals surface area contributed by atoms with Crippen LogP contribution in [0.5, 0.6) is 0 Å². The molecule has 0 aromatic heterocycles. The topological polar surface area (TPSA) is 9.23 Å². The average molecular weight is 222 g/mol. The molecule has 13 heavy (non-hydrogen) atoms. The van der Waals surface area contributed by atoms with Crippen LogP contribution < -0.4 is 0 Å². The molecule has 1 nitrogen and oxygen atoms in total. The second-order valence-electron chi connectivity index (χ2n) is 3.65. The highest BCUT2D eigenvalue weighted by molar-refractivity contribution is 8.54. The van der Waals surface area contributed by atoms with Gasteiger partial charge in [0.2, 0.25) is 0 Å². The molecule has 0 amide bonds. The molecule has 0 radical (unpaired) electrons. The van der Waals surface area contributed by atoms with Crippen molar-refractivity contribution in [2.45, 2.75) is 47.1 Å². The van der Waals surface area contributed by atoms with E-state index in [0.29, 0.717) is 6.10 Å². The second kappa shape index (κ2) is 8.08. The van der Waals surface area contributed by atoms with Crippen LogP contribution in [0.25, 0.3) is 0 Å². The Bertz CT molecular complexity index is 119. The Morgan fingerprint density at radius 1 is 1.23 bits per heavy atom. The van der Waals surface area contributed by atoms with Gasteiger partial charge < -0.3 is 4.52 Å². The molecule has 80 valence electrons. The maximum atomic E-state index is 5.98. The first-order valence-corrected chi connectivity index (χ1v) is 8.20. The van der Waals surface area contributed by atoms with Crippen LogP contribution in [0.3, 0.4) is 0 Å². The van der Waals surface area contributed by atoms with Gasteiger partial charge in [-0.15, -0.1) is 11.4 Å². The van der Waals surface area contributed by atoms with Crippen molar-refractivity contribution in [2.24, 2.45) is 5.92 Å². The minimum atomic E-state index is -0.229. The van der Waals surface area contributed by atoms with Crippen LogP contribution in [0.2, 0.25) is 0 Å². The summed E-state index contributed by atoms with van der Waals surface area (Å²) in [5, 5.41) is 0. The quantitative estimate of drug-likeness (QED) is 0.586. The first-order valence-electron chi connectivity index (χ1n) is 5.17. The van der Waals surface area contributed by atoms with Crippen molar-refractivity contribution in [3.05, 3.63) is 0 Å². The molecular formula is C10H23OPS. The molecule has 0 aromatic carbocycles. The fourth-order valence-corrected chi connectivity index (χ4v) is 5.23. The summed E-state index contributed by atoms with van der Waals surface area (Å²) < 4.78 is 5.98. The third-order valence-corrected chi connectivity index (χ3v) is 6.17. The van der Waals surface area contributed by atoms with Gasteiger partial charge in [0.25, 0.3) is 0 Å². The molecule has 0 heterocycles. The zero-order valence-corrected chi connectivity index (χ0v) is 11.3. The summed E-state index contributed by atoms with van der Waals surface area (Å²) in [4.78, 5) is 0. The lowest BCUT2D eigenvalue weighted by atomic mass is 10.3. The van der Waals surface area contributed by atoms with E-state index in [2.05, 4.69) is 34.6 Å². The van der Waals surface area contributed by atoms with Gasteiger partial charge in [0.05, 0.1) is 13.5 Å². The van der Waals surface area contributed by atoms with Gasteiger partial charge in [-0.25, -0.2) is 0 Å². The molecule has 0 aliphatic carbocycles. The molecule has 0 rings (SSSR count). The largest absolute Gasteiger partial charge is 0.345 e. The maximum absolute atomic E-state index is 5.98. The Hall–Kier alpha value is 0.740. The Labute approximate surface area is 88.6 Å². The first-order chi connectivity index (χ1) is 6.10. The van der Waals surface area contributed by atoms with Gasteiger partial charge in [-0.2, -0.15) is 0 Å². The van der Waals surface area contributed by atoms with E-state index in [4.69, 9.17) is 4.52 Å². The van der Waals surface area contributed by atoms with Crippen molar-refractivity contribution in [2.75, 3.05) is 11.9 Å². The molecule has 2 unspecified atom stereocenters. The summed E-state index contributed by atoms with van der Waals surface area (Å²) in [5.74, 6) is 1.93. The van der Waals surface area contributed by atoms with Crippen molar-refractivity contribution in [3.63, 3.8) is 0 Å². The second-order valence-corrected chi connectivity index (χ2v) is 7.72. The number of hydrogen-bond donors (Lipinski definition) is 0. The van der Waals surface area contributed by atoms with E-state index >= 15 is 0 Å². The molecule has 0 spiro atoms. The van der Waals surface area contributed by atoms with Crippen molar-refractivity contribution < 1.29 is 4.52 Å². The van der Waals surface area contributed by atoms with Crippen LogP contribution in [-0.4, -0.2) is 18.0 Å². The van der Waals surface area contributed by atoms with Gasteiger partial charge in [-0.3, -0.25) is 0 Å². The van der Waals surface area contributed by atoms with E-state index in [1.807, 2.05) is 11.4 Å². The molecule has 0 saturated heterocycles. The van der Waals surface area contributed by atoms with Gasteiger partial charge in [-0.05, 0) is 25.0 Å². The highest BCUT2D eigenvalue weighted by Gasteiger charge is 2.13. The summed E-state index contributed by atoms with van der Waals surface area (Å²) in [7, 11) is -0.229. The fraction of sp³-hybridized carbons (Fsp3) is 1.00. The normalized spacial score (nSPS) is 16.2. The van der Waals surface area contributed by atoms with Crippen LogP contribution >= 0.6 is 18.7 Å². The summed E-state index contributed by atoms with van der Waals surface area (Å²) in [6.07, 6.45) is 2.79. The monoisotopic (exact) mass is 222 g/mol. The number of hydrogen-bond acceptors (Lipinski definition) is 2. The minimum Gasteiger partial charge on any atom is -0.345 e. The average Bonchev–Trinajstić information content (AvgIpc) is 2.03. The van der Waals surface area contributed by atoms with Crippen LogP contribution in [0.15, 0.2) is 0 Å². The van der Waals surface area contributed by atoms with E-state index in [-0.39, 0.29) is 7.35 Å². The third-order valence-electron chi connectivity index (χ3n) is 1.66. The molecular weight excluding hydrogens is 199 g/mol. The smallest absolute Gasteiger partial charge is 0.0893 e. The van der Waals surface area contributed by atoms with Crippen molar-refractivity contribution >= 4 is 18.7 Å². The van der Waals surface area contributed by atoms with Gasteiger partial charge in [0.1, 0.15) is 0 Å². The zero-order valence-electron chi connectivity index (χ0n) is 9.54. The summed E-state index contributed by atoms with van der Waals surface area (Å²) in [6.45, 7) is 11.1. The Kier molecular flexibility index (Phi) is 8.54. The SMILES string of the molecule is CCSP(CC(C)C)OC(C)CC. The predicted octanol–water partition coefficient (Wildman–Crippen LogP) is 4.52. The Morgan fingerprint density at radius 3 is 2.23 bits per heavy atom. The minimum absolute atomic E-state index is 0.229. The van der Waals surface area contributed by atoms with Gasteiger partial charge in [0.15, 0.2) is 0 Å². The Morgan fingerprint density at radius 2 is 1.85 bits per heavy atom. The molecule has 0 saturated carbocycles. The lowest BCUT2D eigenvalue weighted by Gasteiger charge is -2.21. The Balaban J connectivity index is 3.78. The highest BCUT2D eigenvalue weighted by atomic mass is 32.7. The van der Waals surface area contributed by atoms with Gasteiger partial charge in [0, 0.05) is 6.16 Å². The fourth-order valence-electron chi connectivity index (χ4n) is 0.844. The van der Waals surface area contributed by atoms with E-state index in [1.165, 1.54) is 11.9 Å². The molecule has 2 atom stereocenters. The number of rotatable bonds is 7. The molecule has 0 bridgehead atoms. The lowest BCUT2D eigenvalue weighted by molar-refractivity contribution is 0.247. The molecule has 0 aromatic rings. The van der Waals surface area contributed by atoms with E-state index in [9.17, 15) is 0 Å². The highest BCUT2D eigenvalue weighted by Crippen LogP contribution is 2.52. The molecule has 0 aliphatic rings. The standard InChI is InChI=1S/C10H23OPS/c1-6-10(5)11-12(13-7-2)8-9(3)4/h9-10H,6-8H2,1-5H3. The van der Waals surface area contributed by atoms with Gasteiger partial charge >= 0.3 is 0 Å². The maximum Gasteiger partial charge on any atom is 0.0893 e. The molecule has 0 aliphatic heterocycles. The third kappa shape index (κ3) is 7.78. The van der Waals surface area contributed by atoms with Gasteiger partial charge in [-0.1, -0.05) is 27.7 Å². The van der Waals surface area contributed by atoms with Crippen LogP contribution in [0, 0.1) is 5.92 Å². The van der Waals surface area contributed by atoms with Crippen molar-refractivity contribution in [1.29, 1.82) is 0 Å². The predicted molar refractivity (Wildman–Crippen MR) is 65.6 cm³/mol. The van der Waals surface area contributed by atoms with Crippen LogP contribution in [0.4, 0.5) is 0 Å². The van der Waals surface area contributed by atoms with Crippen LogP contribution in [-0.2, 0) is 4.52 Å². The first kappa shape index (κ1) is 13.7. The van der Waals surface area contributed by atoms with E-state index < -0.39 is 0 Å². The summed E-state index contributed by atoms with van der Waals surface area (Å²) in [5.41, 5.74) is 0. The molecule has 3 heteroatoms. The van der Waals surface area contributed by atoms with Crippen LogP contribution in [0.1, 0.15) is 41.0 Å². The lowest BCUT2D eigenvalue weighted by Crippen LogP contribution is -2.04. The zero-order chi connectivity index (χ0) is 10.3. The van der Waals surface area contributed by atoms with Crippen molar-refractivity contribution in [3.8, 4) is 0 Å². The van der Waals surface area contributed by atoms with E-state index in [1.54, 1.807) is 0 Å². The summed E-state index contributed by atoms with van der Waals surface area (Å²) in [6, 6.07) is 0. The molecule has 0 fully saturated rings. The molecule has 0 N–H and O–H groups in total. The summed E-state index contributed by atoms with van der Waals surface area (Å²) >= 11 is 1.99.